The van der Waals surface area contributed by atoms with Gasteiger partial charge in [-0.25, -0.2) is 0 Å². The number of hydrogen-bond acceptors (Lipinski definition) is 4. The molecular weight excluding hydrogens is 280 g/mol. The smallest absolute Gasteiger partial charge is 0.315 e. The predicted molar refractivity (Wildman–Crippen MR) is 62.8 cm³/mol. The van der Waals surface area contributed by atoms with Gasteiger partial charge in [-0.05, 0) is 17.7 Å². The summed E-state index contributed by atoms with van der Waals surface area (Å²) in [6.07, 6.45) is 0. The van der Waals surface area contributed by atoms with E-state index >= 15 is 0 Å². The van der Waals surface area contributed by atoms with Crippen LogP contribution in [0, 0.1) is 0 Å². The Balaban J connectivity index is 2.74. The zero-order valence-electron chi connectivity index (χ0n) is 8.20. The number of halogens is 1. The van der Waals surface area contributed by atoms with Crippen LogP contribution in [0.2, 0.25) is 0 Å². The molecule has 15 heavy (non-hydrogen) atoms. The first-order valence-corrected chi connectivity index (χ1v) is 6.04. The van der Waals surface area contributed by atoms with Crippen molar-refractivity contribution in [2.45, 2.75) is 11.5 Å². The third-order valence-electron chi connectivity index (χ3n) is 1.77. The highest BCUT2D eigenvalue weighted by molar-refractivity contribution is 9.10. The van der Waals surface area contributed by atoms with E-state index in [4.69, 9.17) is 5.11 Å². The molecule has 82 valence electrons. The molecule has 0 aliphatic heterocycles. The number of ether oxygens (including phenoxy) is 1. The number of carbonyl (C=O) groups excluding carboxylic acids is 1. The van der Waals surface area contributed by atoms with Crippen molar-refractivity contribution in [1.29, 1.82) is 0 Å². The number of thioether (sulfide) groups is 1. The van der Waals surface area contributed by atoms with E-state index in [2.05, 4.69) is 20.7 Å². The van der Waals surface area contributed by atoms with Gasteiger partial charge in [-0.2, -0.15) is 0 Å². The summed E-state index contributed by atoms with van der Waals surface area (Å²) in [7, 11) is 1.36. The largest absolute Gasteiger partial charge is 0.468 e. The van der Waals surface area contributed by atoms with Crippen LogP contribution in [-0.4, -0.2) is 23.9 Å². The van der Waals surface area contributed by atoms with E-state index in [9.17, 15) is 4.79 Å². The lowest BCUT2D eigenvalue weighted by Gasteiger charge is -2.06. The number of carbonyl (C=O) groups is 1. The average molecular weight is 291 g/mol. The molecule has 0 heterocycles. The van der Waals surface area contributed by atoms with Gasteiger partial charge in [-0.15, -0.1) is 11.8 Å². The van der Waals surface area contributed by atoms with Gasteiger partial charge in [0, 0.05) is 9.37 Å². The SMILES string of the molecule is COC(=O)CSc1cc(Br)ccc1CO. The second kappa shape index (κ2) is 6.15. The minimum absolute atomic E-state index is 0.0310. The van der Waals surface area contributed by atoms with Crippen molar-refractivity contribution in [3.05, 3.63) is 28.2 Å². The Hall–Kier alpha value is -0.520. The molecule has 0 aliphatic rings. The fraction of sp³-hybridized carbons (Fsp3) is 0.300. The van der Waals surface area contributed by atoms with E-state index in [0.717, 1.165) is 14.9 Å². The molecule has 1 rings (SSSR count). The van der Waals surface area contributed by atoms with E-state index in [1.165, 1.54) is 18.9 Å². The monoisotopic (exact) mass is 290 g/mol. The van der Waals surface area contributed by atoms with Gasteiger partial charge >= 0.3 is 5.97 Å². The van der Waals surface area contributed by atoms with E-state index in [1.54, 1.807) is 0 Å². The number of rotatable bonds is 4. The normalized spacial score (nSPS) is 10.1. The van der Waals surface area contributed by atoms with Crippen molar-refractivity contribution in [3.8, 4) is 0 Å². The minimum Gasteiger partial charge on any atom is -0.468 e. The standard InChI is InChI=1S/C10H11BrO3S/c1-14-10(13)6-15-9-4-8(11)3-2-7(9)5-12/h2-4,12H,5-6H2,1H3. The number of benzene rings is 1. The van der Waals surface area contributed by atoms with Crippen molar-refractivity contribution in [3.63, 3.8) is 0 Å². The third kappa shape index (κ3) is 3.85. The second-order valence-electron chi connectivity index (χ2n) is 2.77. The first-order valence-electron chi connectivity index (χ1n) is 4.26. The number of methoxy groups -OCH3 is 1. The molecule has 3 nitrogen and oxygen atoms in total. The van der Waals surface area contributed by atoms with Crippen LogP contribution >= 0.6 is 27.7 Å². The van der Waals surface area contributed by atoms with E-state index in [0.29, 0.717) is 0 Å². The van der Waals surface area contributed by atoms with E-state index in [1.807, 2.05) is 18.2 Å². The fourth-order valence-electron chi connectivity index (χ4n) is 0.989. The Morgan fingerprint density at radius 3 is 2.93 bits per heavy atom. The maximum absolute atomic E-state index is 11.0. The molecule has 0 atom stereocenters. The third-order valence-corrected chi connectivity index (χ3v) is 3.34. The summed E-state index contributed by atoms with van der Waals surface area (Å²) >= 11 is 4.69. The molecule has 0 saturated heterocycles. The Morgan fingerprint density at radius 2 is 2.33 bits per heavy atom. The fourth-order valence-corrected chi connectivity index (χ4v) is 2.42. The molecule has 0 saturated carbocycles. The number of hydrogen-bond donors (Lipinski definition) is 1. The zero-order valence-corrected chi connectivity index (χ0v) is 10.6. The van der Waals surface area contributed by atoms with Gasteiger partial charge in [-0.3, -0.25) is 4.79 Å². The summed E-state index contributed by atoms with van der Waals surface area (Å²) in [5.41, 5.74) is 0.812. The maximum Gasteiger partial charge on any atom is 0.315 e. The van der Waals surface area contributed by atoms with Crippen LogP contribution in [-0.2, 0) is 16.1 Å². The van der Waals surface area contributed by atoms with Gasteiger partial charge in [0.05, 0.1) is 19.5 Å². The Labute approximate surface area is 101 Å². The summed E-state index contributed by atoms with van der Waals surface area (Å²) in [5.74, 6) is -0.0242. The molecule has 0 radical (unpaired) electrons. The van der Waals surface area contributed by atoms with Crippen LogP contribution in [0.4, 0.5) is 0 Å². The Morgan fingerprint density at radius 1 is 1.60 bits per heavy atom. The van der Waals surface area contributed by atoms with Crippen LogP contribution in [0.3, 0.4) is 0 Å². The van der Waals surface area contributed by atoms with E-state index < -0.39 is 0 Å². The maximum atomic E-state index is 11.0. The average Bonchev–Trinajstić information content (AvgIpc) is 2.26. The van der Waals surface area contributed by atoms with Crippen LogP contribution in [0.25, 0.3) is 0 Å². The molecule has 0 unspecified atom stereocenters. The lowest BCUT2D eigenvalue weighted by Crippen LogP contribution is -2.03. The molecule has 5 heteroatoms. The molecule has 1 aromatic rings. The summed E-state index contributed by atoms with van der Waals surface area (Å²) in [6.45, 7) is -0.0310. The van der Waals surface area contributed by atoms with Crippen molar-refractivity contribution in [2.75, 3.05) is 12.9 Å². The molecule has 0 fully saturated rings. The van der Waals surface area contributed by atoms with Crippen molar-refractivity contribution >= 4 is 33.7 Å². The highest BCUT2D eigenvalue weighted by Crippen LogP contribution is 2.26. The highest BCUT2D eigenvalue weighted by Gasteiger charge is 2.06. The number of aliphatic hydroxyl groups excluding tert-OH is 1. The minimum atomic E-state index is -0.274. The van der Waals surface area contributed by atoms with Gasteiger partial charge < -0.3 is 9.84 Å². The lowest BCUT2D eigenvalue weighted by atomic mass is 10.2. The van der Waals surface area contributed by atoms with Crippen molar-refractivity contribution < 1.29 is 14.6 Å². The summed E-state index contributed by atoms with van der Waals surface area (Å²) in [5, 5.41) is 9.09. The highest BCUT2D eigenvalue weighted by atomic mass is 79.9. The van der Waals surface area contributed by atoms with Crippen LogP contribution in [0.1, 0.15) is 5.56 Å². The van der Waals surface area contributed by atoms with Gasteiger partial charge in [0.15, 0.2) is 0 Å². The van der Waals surface area contributed by atoms with Crippen LogP contribution < -0.4 is 0 Å². The van der Waals surface area contributed by atoms with Crippen LogP contribution in [0.15, 0.2) is 27.6 Å². The van der Waals surface area contributed by atoms with Crippen LogP contribution in [0.5, 0.6) is 0 Å². The van der Waals surface area contributed by atoms with Crippen molar-refractivity contribution in [1.82, 2.24) is 0 Å². The van der Waals surface area contributed by atoms with Gasteiger partial charge in [0.2, 0.25) is 0 Å². The summed E-state index contributed by atoms with van der Waals surface area (Å²) in [6, 6.07) is 5.55. The molecular formula is C10H11BrO3S. The van der Waals surface area contributed by atoms with Gasteiger partial charge in [0.1, 0.15) is 0 Å². The van der Waals surface area contributed by atoms with Gasteiger partial charge in [-0.1, -0.05) is 22.0 Å². The van der Waals surface area contributed by atoms with Gasteiger partial charge in [0.25, 0.3) is 0 Å². The number of aliphatic hydroxyl groups is 1. The molecule has 0 spiro atoms. The Kier molecular flexibility index (Phi) is 5.14. The van der Waals surface area contributed by atoms with E-state index in [-0.39, 0.29) is 18.3 Å². The molecule has 1 aromatic carbocycles. The number of esters is 1. The molecule has 0 amide bonds. The first kappa shape index (κ1) is 12.5. The Bertz CT molecular complexity index is 355. The molecule has 0 aromatic heterocycles. The molecule has 0 aliphatic carbocycles. The zero-order chi connectivity index (χ0) is 11.3. The summed E-state index contributed by atoms with van der Waals surface area (Å²) in [4.78, 5) is 11.8. The quantitative estimate of drug-likeness (QED) is 0.682. The lowest BCUT2D eigenvalue weighted by molar-refractivity contribution is -0.137. The predicted octanol–water partition coefficient (Wildman–Crippen LogP) is 2.21. The van der Waals surface area contributed by atoms with Crippen molar-refractivity contribution in [2.24, 2.45) is 0 Å². The summed E-state index contributed by atoms with van der Waals surface area (Å²) < 4.78 is 5.46. The molecule has 0 bridgehead atoms. The first-order chi connectivity index (χ1) is 7.17. The molecule has 1 N–H and O–H groups in total. The second-order valence-corrected chi connectivity index (χ2v) is 4.71. The topological polar surface area (TPSA) is 46.5 Å².